The molecular formula is C33H26F6N6OS. The molecule has 0 bridgehead atoms. The van der Waals surface area contributed by atoms with Crippen LogP contribution in [0.3, 0.4) is 0 Å². The number of nitrogens with one attached hydrogen (secondary N) is 2. The topological polar surface area (TPSA) is 87.9 Å². The van der Waals surface area contributed by atoms with E-state index in [4.69, 9.17) is 0 Å². The van der Waals surface area contributed by atoms with Crippen LogP contribution in [-0.2, 0) is 6.54 Å². The predicted octanol–water partition coefficient (Wildman–Crippen LogP) is 8.98. The van der Waals surface area contributed by atoms with E-state index in [-0.39, 0.29) is 5.52 Å². The molecule has 6 aromatic rings. The molecule has 0 aliphatic rings. The molecule has 242 valence electrons. The van der Waals surface area contributed by atoms with Crippen molar-refractivity contribution in [2.24, 2.45) is 0 Å². The van der Waals surface area contributed by atoms with E-state index in [0.29, 0.717) is 32.7 Å². The lowest BCUT2D eigenvalue weighted by Crippen LogP contribution is -2.59. The minimum Gasteiger partial charge on any atom is -0.372 e. The number of halogens is 6. The average Bonchev–Trinajstić information content (AvgIpc) is 3.43. The summed E-state index contributed by atoms with van der Waals surface area (Å²) in [7, 11) is 0. The summed E-state index contributed by atoms with van der Waals surface area (Å²) in [5.41, 5.74) is -0.336. The van der Waals surface area contributed by atoms with Crippen LogP contribution in [-0.4, -0.2) is 42.8 Å². The van der Waals surface area contributed by atoms with Crippen molar-refractivity contribution in [1.82, 2.24) is 19.7 Å². The van der Waals surface area contributed by atoms with Crippen molar-refractivity contribution < 1.29 is 31.4 Å². The van der Waals surface area contributed by atoms with Crippen LogP contribution in [0.4, 0.5) is 43.5 Å². The molecule has 0 amide bonds. The number of pyridine rings is 2. The Labute approximate surface area is 268 Å². The van der Waals surface area contributed by atoms with Gasteiger partial charge in [0.1, 0.15) is 5.82 Å². The Kier molecular flexibility index (Phi) is 8.26. The third kappa shape index (κ3) is 6.17. The van der Waals surface area contributed by atoms with Crippen molar-refractivity contribution in [2.75, 3.05) is 10.0 Å². The lowest BCUT2D eigenvalue weighted by molar-refractivity contribution is -0.372. The summed E-state index contributed by atoms with van der Waals surface area (Å²) in [6.07, 6.45) is -7.48. The highest BCUT2D eigenvalue weighted by atomic mass is 32.2. The van der Waals surface area contributed by atoms with E-state index in [0.717, 1.165) is 32.6 Å². The first-order valence-corrected chi connectivity index (χ1v) is 15.0. The summed E-state index contributed by atoms with van der Waals surface area (Å²) < 4.78 is 84.0. The van der Waals surface area contributed by atoms with Gasteiger partial charge in [0.25, 0.3) is 5.60 Å². The number of aryl methyl sites for hydroxylation is 2. The van der Waals surface area contributed by atoms with E-state index in [2.05, 4.69) is 25.1 Å². The zero-order valence-electron chi connectivity index (χ0n) is 24.8. The SMILES string of the molecule is Cc1ccccc1NSc1ccc(Nc2cc3c(-c4ccc5c(cnn5CC(O)(C(F)(F)F)C(F)(F)F)c4C)nccc3cn2)cc1. The smallest absolute Gasteiger partial charge is 0.372 e. The molecule has 0 atom stereocenters. The number of rotatable bonds is 8. The summed E-state index contributed by atoms with van der Waals surface area (Å²) in [6, 6.07) is 22.3. The maximum atomic E-state index is 13.4. The van der Waals surface area contributed by atoms with Crippen molar-refractivity contribution in [3.8, 4) is 11.3 Å². The molecule has 3 N–H and O–H groups in total. The van der Waals surface area contributed by atoms with Crippen LogP contribution in [0.1, 0.15) is 11.1 Å². The van der Waals surface area contributed by atoms with Gasteiger partial charge in [-0.2, -0.15) is 31.4 Å². The van der Waals surface area contributed by atoms with Crippen molar-refractivity contribution >= 4 is 50.8 Å². The summed E-state index contributed by atoms with van der Waals surface area (Å²) >= 11 is 1.49. The third-order valence-electron chi connectivity index (χ3n) is 7.87. The number of para-hydroxylation sites is 1. The first kappa shape index (κ1) is 32.1. The van der Waals surface area contributed by atoms with E-state index < -0.39 is 24.5 Å². The van der Waals surface area contributed by atoms with Crippen LogP contribution in [0.2, 0.25) is 0 Å². The first-order chi connectivity index (χ1) is 22.2. The third-order valence-corrected chi connectivity index (χ3v) is 8.70. The summed E-state index contributed by atoms with van der Waals surface area (Å²) in [5.74, 6) is 0.537. The number of aliphatic hydroxyl groups is 1. The molecule has 47 heavy (non-hydrogen) atoms. The molecular weight excluding hydrogens is 642 g/mol. The number of benzene rings is 3. The molecule has 3 heterocycles. The molecule has 0 fully saturated rings. The monoisotopic (exact) mass is 668 g/mol. The molecule has 0 saturated carbocycles. The predicted molar refractivity (Wildman–Crippen MR) is 170 cm³/mol. The second kappa shape index (κ2) is 12.1. The second-order valence-electron chi connectivity index (χ2n) is 10.9. The number of anilines is 3. The van der Waals surface area contributed by atoms with Gasteiger partial charge in [0.15, 0.2) is 0 Å². The van der Waals surface area contributed by atoms with Crippen LogP contribution in [0, 0.1) is 13.8 Å². The molecule has 0 spiro atoms. The largest absolute Gasteiger partial charge is 0.428 e. The molecule has 14 heteroatoms. The zero-order chi connectivity index (χ0) is 33.6. The summed E-state index contributed by atoms with van der Waals surface area (Å²) in [5, 5.41) is 18.6. The molecule has 0 aliphatic carbocycles. The normalized spacial score (nSPS) is 12.5. The Morgan fingerprint density at radius 2 is 1.55 bits per heavy atom. The maximum absolute atomic E-state index is 13.4. The van der Waals surface area contributed by atoms with E-state index in [1.54, 1.807) is 31.5 Å². The van der Waals surface area contributed by atoms with Crippen molar-refractivity contribution in [2.45, 2.75) is 43.2 Å². The van der Waals surface area contributed by atoms with Gasteiger partial charge in [-0.1, -0.05) is 24.3 Å². The highest BCUT2D eigenvalue weighted by Gasteiger charge is 2.70. The number of nitrogens with zero attached hydrogens (tertiary/aromatic N) is 4. The fourth-order valence-corrected chi connectivity index (χ4v) is 5.86. The standard InChI is InChI=1S/C33H26F6N6OS/c1-19-5-3-4-6-27(19)44-47-23-9-7-22(8-10-23)43-29-15-25-21(16-41-29)13-14-40-30(25)24-11-12-28-26(20(24)2)17-42-45(28)18-31(46,32(34,35)36)33(37,38)39/h3-17,44,46H,18H2,1-2H3,(H,41,43). The van der Waals surface area contributed by atoms with Gasteiger partial charge < -0.3 is 15.1 Å². The summed E-state index contributed by atoms with van der Waals surface area (Å²) in [6.45, 7) is 1.86. The molecule has 0 aliphatic heterocycles. The van der Waals surface area contributed by atoms with Crippen LogP contribution in [0.5, 0.6) is 0 Å². The maximum Gasteiger partial charge on any atom is 0.428 e. The van der Waals surface area contributed by atoms with Crippen LogP contribution in [0.25, 0.3) is 32.9 Å². The Hall–Kier alpha value is -4.82. The number of hydrogen-bond donors (Lipinski definition) is 3. The van der Waals surface area contributed by atoms with E-state index in [1.165, 1.54) is 24.2 Å². The van der Waals surface area contributed by atoms with Crippen molar-refractivity contribution in [3.63, 3.8) is 0 Å². The fourth-order valence-electron chi connectivity index (χ4n) is 5.14. The number of aromatic nitrogens is 4. The Bertz CT molecular complexity index is 2060. The number of hydrogen-bond acceptors (Lipinski definition) is 7. The van der Waals surface area contributed by atoms with Crippen LogP contribution in [0.15, 0.2) is 96.3 Å². The van der Waals surface area contributed by atoms with Gasteiger partial charge in [0, 0.05) is 50.4 Å². The molecule has 7 nitrogen and oxygen atoms in total. The molecule has 0 radical (unpaired) electrons. The van der Waals surface area contributed by atoms with E-state index in [1.807, 2.05) is 61.5 Å². The van der Waals surface area contributed by atoms with Gasteiger partial charge in [0.05, 0.1) is 24.0 Å². The Morgan fingerprint density at radius 3 is 2.26 bits per heavy atom. The second-order valence-corrected chi connectivity index (χ2v) is 11.8. The van der Waals surface area contributed by atoms with Crippen LogP contribution >= 0.6 is 11.9 Å². The van der Waals surface area contributed by atoms with E-state index in [9.17, 15) is 31.4 Å². The van der Waals surface area contributed by atoms with Crippen molar-refractivity contribution in [3.05, 3.63) is 103 Å². The Morgan fingerprint density at radius 1 is 0.830 bits per heavy atom. The van der Waals surface area contributed by atoms with Gasteiger partial charge in [-0.15, -0.1) is 0 Å². The first-order valence-electron chi connectivity index (χ1n) is 14.2. The minimum absolute atomic E-state index is 0.00172. The molecule has 0 unspecified atom stereocenters. The number of alkyl halides is 6. The van der Waals surface area contributed by atoms with Gasteiger partial charge in [0.2, 0.25) is 0 Å². The van der Waals surface area contributed by atoms with Gasteiger partial charge >= 0.3 is 12.4 Å². The molecule has 0 saturated heterocycles. The quantitative estimate of drug-likeness (QED) is 0.110. The van der Waals surface area contributed by atoms with Crippen LogP contribution < -0.4 is 10.0 Å². The zero-order valence-corrected chi connectivity index (χ0v) is 25.6. The number of fused-ring (bicyclic) bond motifs is 2. The van der Waals surface area contributed by atoms with Gasteiger partial charge in [-0.3, -0.25) is 9.67 Å². The fraction of sp³-hybridized carbons (Fsp3) is 0.182. The lowest BCUT2D eigenvalue weighted by Gasteiger charge is -2.32. The summed E-state index contributed by atoms with van der Waals surface area (Å²) in [4.78, 5) is 10.1. The van der Waals surface area contributed by atoms with E-state index >= 15 is 0 Å². The lowest BCUT2D eigenvalue weighted by atomic mass is 9.98. The molecule has 3 aromatic heterocycles. The minimum atomic E-state index is -5.97. The molecule has 6 rings (SSSR count). The molecule has 3 aromatic carbocycles. The Balaban J connectivity index is 1.27. The van der Waals surface area contributed by atoms with Gasteiger partial charge in [-0.05, 0) is 85.5 Å². The van der Waals surface area contributed by atoms with Crippen molar-refractivity contribution in [1.29, 1.82) is 0 Å². The van der Waals surface area contributed by atoms with Gasteiger partial charge in [-0.25, -0.2) is 4.98 Å². The highest BCUT2D eigenvalue weighted by molar-refractivity contribution is 8.00. The average molecular weight is 669 g/mol. The highest BCUT2D eigenvalue weighted by Crippen LogP contribution is 2.44.